The van der Waals surface area contributed by atoms with Gasteiger partial charge in [0, 0.05) is 32.1 Å². The zero-order valence-electron chi connectivity index (χ0n) is 14.5. The van der Waals surface area contributed by atoms with Gasteiger partial charge in [-0.25, -0.2) is 14.6 Å². The maximum absolute atomic E-state index is 12.2. The lowest BCUT2D eigenvalue weighted by atomic mass is 10.1. The Kier molecular flexibility index (Phi) is 5.52. The average molecular weight is 358 g/mol. The van der Waals surface area contributed by atoms with Gasteiger partial charge in [0.25, 0.3) is 0 Å². The smallest absolute Gasteiger partial charge is 0.335 e. The summed E-state index contributed by atoms with van der Waals surface area (Å²) in [6.07, 6.45) is 4.10. The number of imidazole rings is 1. The van der Waals surface area contributed by atoms with Crippen molar-refractivity contribution in [2.24, 2.45) is 0 Å². The van der Waals surface area contributed by atoms with Crippen LogP contribution in [0.4, 0.5) is 4.79 Å². The molecule has 0 aliphatic carbocycles. The van der Waals surface area contributed by atoms with E-state index in [1.54, 1.807) is 18.3 Å². The van der Waals surface area contributed by atoms with Crippen molar-refractivity contribution in [3.63, 3.8) is 0 Å². The summed E-state index contributed by atoms with van der Waals surface area (Å²) in [7, 11) is 0. The minimum Gasteiger partial charge on any atom is -0.478 e. The lowest BCUT2D eigenvalue weighted by molar-refractivity contribution is 0.0697. The fourth-order valence-corrected chi connectivity index (χ4v) is 3.00. The molecule has 1 aromatic heterocycles. The number of nitrogens with one attached hydrogen (secondary N) is 2. The Morgan fingerprint density at radius 3 is 2.81 bits per heavy atom. The lowest BCUT2D eigenvalue weighted by Gasteiger charge is -2.20. The molecule has 8 nitrogen and oxygen atoms in total. The van der Waals surface area contributed by atoms with Gasteiger partial charge >= 0.3 is 12.0 Å². The molecule has 0 unspecified atom stereocenters. The topological polar surface area (TPSA) is 105 Å². The maximum atomic E-state index is 12.2. The fraction of sp³-hybridized carbons (Fsp3) is 0.389. The van der Waals surface area contributed by atoms with Crippen molar-refractivity contribution < 1.29 is 19.4 Å². The first-order valence-electron chi connectivity index (χ1n) is 8.57. The number of carbonyl (C=O) groups excluding carboxylic acids is 1. The van der Waals surface area contributed by atoms with E-state index in [0.29, 0.717) is 13.2 Å². The number of carboxylic acid groups (broad SMARTS) is 1. The third-order valence-electron chi connectivity index (χ3n) is 4.41. The molecule has 2 heterocycles. The summed E-state index contributed by atoms with van der Waals surface area (Å²) >= 11 is 0. The third kappa shape index (κ3) is 4.02. The minimum atomic E-state index is -0.972. The van der Waals surface area contributed by atoms with Gasteiger partial charge in [0.05, 0.1) is 11.6 Å². The first kappa shape index (κ1) is 17.9. The second-order valence-electron chi connectivity index (χ2n) is 6.09. The molecule has 1 aliphatic rings. The summed E-state index contributed by atoms with van der Waals surface area (Å²) in [5, 5.41) is 14.6. The van der Waals surface area contributed by atoms with Gasteiger partial charge in [-0.2, -0.15) is 0 Å². The number of hydrogen-bond acceptors (Lipinski definition) is 4. The number of rotatable bonds is 6. The summed E-state index contributed by atoms with van der Waals surface area (Å²) < 4.78 is 7.78. The Morgan fingerprint density at radius 2 is 2.12 bits per heavy atom. The first-order valence-corrected chi connectivity index (χ1v) is 8.57. The number of urea groups is 1. The molecule has 0 radical (unpaired) electrons. The molecular weight excluding hydrogens is 336 g/mol. The van der Waals surface area contributed by atoms with Crippen LogP contribution in [-0.4, -0.2) is 39.3 Å². The van der Waals surface area contributed by atoms with Gasteiger partial charge < -0.3 is 25.0 Å². The Bertz CT molecular complexity index is 772. The summed E-state index contributed by atoms with van der Waals surface area (Å²) in [6.45, 7) is 3.71. The Labute approximate surface area is 151 Å². The van der Waals surface area contributed by atoms with Gasteiger partial charge in [0.1, 0.15) is 11.9 Å². The zero-order valence-corrected chi connectivity index (χ0v) is 14.5. The van der Waals surface area contributed by atoms with Crippen molar-refractivity contribution in [2.45, 2.75) is 38.6 Å². The molecule has 2 atom stereocenters. The second-order valence-corrected chi connectivity index (χ2v) is 6.09. The highest BCUT2D eigenvalue weighted by atomic mass is 16.5. The number of aromatic nitrogens is 2. The van der Waals surface area contributed by atoms with Crippen molar-refractivity contribution in [3.8, 4) is 0 Å². The van der Waals surface area contributed by atoms with Crippen LogP contribution >= 0.6 is 0 Å². The second kappa shape index (κ2) is 8.01. The molecule has 1 saturated heterocycles. The van der Waals surface area contributed by atoms with Crippen molar-refractivity contribution in [2.75, 3.05) is 6.61 Å². The molecule has 26 heavy (non-hydrogen) atoms. The number of aryl methyl sites for hydroxylation is 1. The molecule has 138 valence electrons. The van der Waals surface area contributed by atoms with E-state index in [9.17, 15) is 9.59 Å². The van der Waals surface area contributed by atoms with Crippen LogP contribution in [-0.2, 0) is 17.8 Å². The van der Waals surface area contributed by atoms with E-state index in [2.05, 4.69) is 15.6 Å². The lowest BCUT2D eigenvalue weighted by Crippen LogP contribution is -2.43. The standard InChI is InChI=1S/C18H22N4O4/c1-2-22-9-8-19-16(22)15-14(7-10-26-15)21-18(25)20-11-12-3-5-13(6-4-12)17(23)24/h3-6,8-9,14-15H,2,7,10-11H2,1H3,(H,23,24)(H2,20,21,25)/t14-,15-/m0/s1. The van der Waals surface area contributed by atoms with E-state index >= 15 is 0 Å². The van der Waals surface area contributed by atoms with Crippen molar-refractivity contribution >= 4 is 12.0 Å². The Hall–Kier alpha value is -2.87. The fourth-order valence-electron chi connectivity index (χ4n) is 3.00. The predicted molar refractivity (Wildman–Crippen MR) is 93.8 cm³/mol. The summed E-state index contributed by atoms with van der Waals surface area (Å²) in [5.41, 5.74) is 1.04. The molecule has 2 amide bonds. The van der Waals surface area contributed by atoms with Crippen LogP contribution in [0.5, 0.6) is 0 Å². The average Bonchev–Trinajstić information content (AvgIpc) is 3.28. The van der Waals surface area contributed by atoms with Gasteiger partial charge in [0.15, 0.2) is 0 Å². The first-order chi connectivity index (χ1) is 12.6. The van der Waals surface area contributed by atoms with Crippen molar-refractivity contribution in [1.29, 1.82) is 0 Å². The highest BCUT2D eigenvalue weighted by Crippen LogP contribution is 2.28. The Morgan fingerprint density at radius 1 is 1.35 bits per heavy atom. The highest BCUT2D eigenvalue weighted by Gasteiger charge is 2.33. The van der Waals surface area contributed by atoms with Crippen LogP contribution in [0.2, 0.25) is 0 Å². The number of amides is 2. The number of nitrogens with zero attached hydrogens (tertiary/aromatic N) is 2. The largest absolute Gasteiger partial charge is 0.478 e. The molecule has 8 heteroatoms. The van der Waals surface area contributed by atoms with Crippen LogP contribution in [0.25, 0.3) is 0 Å². The zero-order chi connectivity index (χ0) is 18.5. The molecule has 1 fully saturated rings. The molecule has 0 saturated carbocycles. The molecule has 3 N–H and O–H groups in total. The SMILES string of the molecule is CCn1ccnc1[C@H]1OCC[C@@H]1NC(=O)NCc1ccc(C(=O)O)cc1. The molecular formula is C18H22N4O4. The predicted octanol–water partition coefficient (Wildman–Crippen LogP) is 1.93. The number of aromatic carboxylic acids is 1. The van der Waals surface area contributed by atoms with Gasteiger partial charge in [-0.3, -0.25) is 0 Å². The number of ether oxygens (including phenoxy) is 1. The van der Waals surface area contributed by atoms with Gasteiger partial charge in [-0.15, -0.1) is 0 Å². The van der Waals surface area contributed by atoms with Gasteiger partial charge in [-0.05, 0) is 31.0 Å². The maximum Gasteiger partial charge on any atom is 0.335 e. The minimum absolute atomic E-state index is 0.142. The Balaban J connectivity index is 1.55. The van der Waals surface area contributed by atoms with Crippen molar-refractivity contribution in [1.82, 2.24) is 20.2 Å². The molecule has 0 bridgehead atoms. The molecule has 1 aromatic carbocycles. The van der Waals surface area contributed by atoms with Crippen LogP contribution in [0.15, 0.2) is 36.7 Å². The van der Waals surface area contributed by atoms with E-state index in [0.717, 1.165) is 24.4 Å². The number of benzene rings is 1. The normalized spacial score (nSPS) is 19.3. The van der Waals surface area contributed by atoms with Gasteiger partial charge in [-0.1, -0.05) is 12.1 Å². The number of carbonyl (C=O) groups is 2. The quantitative estimate of drug-likeness (QED) is 0.732. The molecule has 0 spiro atoms. The highest BCUT2D eigenvalue weighted by molar-refractivity contribution is 5.87. The van der Waals surface area contributed by atoms with Crippen LogP contribution < -0.4 is 10.6 Å². The number of carboxylic acids is 1. The van der Waals surface area contributed by atoms with E-state index in [-0.39, 0.29) is 23.7 Å². The van der Waals surface area contributed by atoms with E-state index in [1.807, 2.05) is 17.7 Å². The summed E-state index contributed by atoms with van der Waals surface area (Å²) in [4.78, 5) is 27.4. The monoisotopic (exact) mass is 358 g/mol. The molecule has 1 aliphatic heterocycles. The van der Waals surface area contributed by atoms with Crippen LogP contribution in [0, 0.1) is 0 Å². The van der Waals surface area contributed by atoms with Gasteiger partial charge in [0.2, 0.25) is 0 Å². The third-order valence-corrected chi connectivity index (χ3v) is 4.41. The van der Waals surface area contributed by atoms with Crippen LogP contribution in [0.1, 0.15) is 41.2 Å². The van der Waals surface area contributed by atoms with E-state index < -0.39 is 5.97 Å². The summed E-state index contributed by atoms with van der Waals surface area (Å²) in [5.74, 6) is -0.153. The molecule has 3 rings (SSSR count). The number of hydrogen-bond donors (Lipinski definition) is 3. The van der Waals surface area contributed by atoms with Crippen molar-refractivity contribution in [3.05, 3.63) is 53.6 Å². The molecule has 2 aromatic rings. The van der Waals surface area contributed by atoms with E-state index in [1.165, 1.54) is 12.1 Å². The summed E-state index contributed by atoms with van der Waals surface area (Å²) in [6, 6.07) is 5.97. The van der Waals surface area contributed by atoms with Crippen LogP contribution in [0.3, 0.4) is 0 Å². The van der Waals surface area contributed by atoms with E-state index in [4.69, 9.17) is 9.84 Å².